The number of esters is 1. The summed E-state index contributed by atoms with van der Waals surface area (Å²) in [4.78, 5) is 12.8. The van der Waals surface area contributed by atoms with E-state index < -0.39 is 44.7 Å². The minimum absolute atomic E-state index is 0.0122. The number of halogens is 2. The minimum atomic E-state index is -4.10. The molecule has 0 aliphatic carbocycles. The second-order valence-electron chi connectivity index (χ2n) is 7.84. The molecule has 0 saturated carbocycles. The number of hydrogen-bond donors (Lipinski definition) is 0. The van der Waals surface area contributed by atoms with Crippen LogP contribution in [0.3, 0.4) is 0 Å². The topological polar surface area (TPSA) is 98.4 Å². The lowest BCUT2D eigenvalue weighted by Crippen LogP contribution is -2.20. The molecule has 4 rings (SSSR count). The fourth-order valence-electron chi connectivity index (χ4n) is 3.63. The third-order valence-corrected chi connectivity index (χ3v) is 7.60. The van der Waals surface area contributed by atoms with Gasteiger partial charge in [0.15, 0.2) is 21.4 Å². The normalized spacial score (nSPS) is 11.3. The Bertz CT molecular complexity index is 1610. The van der Waals surface area contributed by atoms with E-state index in [4.69, 9.17) is 14.7 Å². The van der Waals surface area contributed by atoms with Crippen molar-refractivity contribution in [3.63, 3.8) is 0 Å². The Morgan fingerprint density at radius 1 is 1.08 bits per heavy atom. The van der Waals surface area contributed by atoms with Crippen LogP contribution >= 0.6 is 11.9 Å². The SMILES string of the molecule is CCOC(=O)CS(=O)(=O)Cc1c(Oc2ccc(F)c(C#N)c2)c(F)cc2c1ccn2Sc1ccccc1. The molecule has 0 N–H and O–H groups in total. The summed E-state index contributed by atoms with van der Waals surface area (Å²) < 4.78 is 67.2. The van der Waals surface area contributed by atoms with Crippen LogP contribution in [0.4, 0.5) is 8.78 Å². The first kappa shape index (κ1) is 26.2. The number of rotatable bonds is 9. The van der Waals surface area contributed by atoms with Gasteiger partial charge in [0.05, 0.1) is 23.4 Å². The Balaban J connectivity index is 1.82. The third kappa shape index (κ3) is 6.10. The summed E-state index contributed by atoms with van der Waals surface area (Å²) in [6, 6.07) is 17.1. The smallest absolute Gasteiger partial charge is 0.321 e. The van der Waals surface area contributed by atoms with Crippen molar-refractivity contribution in [1.82, 2.24) is 3.97 Å². The quantitative estimate of drug-likeness (QED) is 0.253. The highest BCUT2D eigenvalue weighted by atomic mass is 32.2. The molecule has 11 heteroatoms. The molecule has 0 aliphatic rings. The molecule has 0 spiro atoms. The highest BCUT2D eigenvalue weighted by Gasteiger charge is 2.26. The Morgan fingerprint density at radius 2 is 1.84 bits per heavy atom. The van der Waals surface area contributed by atoms with E-state index in [0.29, 0.717) is 10.9 Å². The molecule has 7 nitrogen and oxygen atoms in total. The van der Waals surface area contributed by atoms with Gasteiger partial charge in [-0.15, -0.1) is 0 Å². The zero-order valence-electron chi connectivity index (χ0n) is 19.5. The lowest BCUT2D eigenvalue weighted by molar-refractivity contribution is -0.139. The van der Waals surface area contributed by atoms with Crippen LogP contribution in [0.5, 0.6) is 11.5 Å². The molecule has 0 atom stereocenters. The summed E-state index contributed by atoms with van der Waals surface area (Å²) in [5.41, 5.74) is 0.0484. The molecule has 190 valence electrons. The van der Waals surface area contributed by atoms with Gasteiger partial charge in [0.25, 0.3) is 0 Å². The van der Waals surface area contributed by atoms with Crippen LogP contribution < -0.4 is 4.74 Å². The standard InChI is InChI=1S/C26H20F2N2O5S2/c1-2-34-25(31)16-37(32,33)15-21-20-10-11-30(36-19-6-4-3-5-7-19)24(20)13-23(28)26(21)35-18-8-9-22(27)17(12-18)14-29/h3-13H,2,15-16H2,1H3. The summed E-state index contributed by atoms with van der Waals surface area (Å²) in [5, 5.41) is 9.50. The number of fused-ring (bicyclic) bond motifs is 1. The van der Waals surface area contributed by atoms with Crippen molar-refractivity contribution < 1.29 is 31.5 Å². The van der Waals surface area contributed by atoms with Crippen molar-refractivity contribution in [3.05, 3.63) is 89.6 Å². The molecule has 0 aliphatic heterocycles. The van der Waals surface area contributed by atoms with Crippen LogP contribution in [0.15, 0.2) is 71.8 Å². The van der Waals surface area contributed by atoms with Crippen LogP contribution in [0.1, 0.15) is 18.1 Å². The van der Waals surface area contributed by atoms with Crippen LogP contribution in [0.2, 0.25) is 0 Å². The Morgan fingerprint density at radius 3 is 2.54 bits per heavy atom. The average molecular weight is 543 g/mol. The summed E-state index contributed by atoms with van der Waals surface area (Å²) in [7, 11) is -4.10. The third-order valence-electron chi connectivity index (χ3n) is 5.20. The molecule has 0 fully saturated rings. The van der Waals surface area contributed by atoms with Crippen LogP contribution in [0.25, 0.3) is 10.9 Å². The van der Waals surface area contributed by atoms with E-state index in [9.17, 15) is 17.6 Å². The van der Waals surface area contributed by atoms with Gasteiger partial charge in [-0.1, -0.05) is 18.2 Å². The zero-order valence-corrected chi connectivity index (χ0v) is 21.1. The van der Waals surface area contributed by atoms with Gasteiger partial charge in [0, 0.05) is 34.2 Å². The van der Waals surface area contributed by atoms with Crippen LogP contribution in [-0.4, -0.2) is 30.7 Å². The van der Waals surface area contributed by atoms with E-state index in [-0.39, 0.29) is 23.5 Å². The molecular weight excluding hydrogens is 522 g/mol. The van der Waals surface area contributed by atoms with E-state index >= 15 is 4.39 Å². The molecule has 0 saturated heterocycles. The lowest BCUT2D eigenvalue weighted by atomic mass is 10.1. The number of nitriles is 1. The first-order valence-corrected chi connectivity index (χ1v) is 13.6. The maximum atomic E-state index is 15.5. The molecule has 0 radical (unpaired) electrons. The van der Waals surface area contributed by atoms with Gasteiger partial charge in [-0.3, -0.25) is 8.77 Å². The molecule has 1 aromatic heterocycles. The first-order valence-electron chi connectivity index (χ1n) is 11.0. The van der Waals surface area contributed by atoms with Gasteiger partial charge >= 0.3 is 5.97 Å². The van der Waals surface area contributed by atoms with Crippen molar-refractivity contribution in [2.24, 2.45) is 0 Å². The van der Waals surface area contributed by atoms with Crippen molar-refractivity contribution in [3.8, 4) is 17.6 Å². The molecule has 0 amide bonds. The summed E-state index contributed by atoms with van der Waals surface area (Å²) in [6.45, 7) is 1.57. The maximum absolute atomic E-state index is 15.5. The van der Waals surface area contributed by atoms with Crippen LogP contribution in [0, 0.1) is 23.0 Å². The highest BCUT2D eigenvalue weighted by molar-refractivity contribution is 7.98. The summed E-state index contributed by atoms with van der Waals surface area (Å²) in [5.74, 6) is -4.65. The maximum Gasteiger partial charge on any atom is 0.321 e. The van der Waals surface area contributed by atoms with Gasteiger partial charge in [-0.25, -0.2) is 17.2 Å². The second-order valence-corrected chi connectivity index (χ2v) is 10.9. The monoisotopic (exact) mass is 542 g/mol. The molecule has 4 aromatic rings. The number of sulfone groups is 1. The van der Waals surface area contributed by atoms with E-state index in [2.05, 4.69) is 0 Å². The van der Waals surface area contributed by atoms with Gasteiger partial charge < -0.3 is 9.47 Å². The predicted octanol–water partition coefficient (Wildman–Crippen LogP) is 5.62. The molecule has 0 unspecified atom stereocenters. The molecule has 3 aromatic carbocycles. The number of aromatic nitrogens is 1. The number of carbonyl (C=O) groups excluding carboxylic acids is 1. The Labute approximate surface area is 216 Å². The molecule has 1 heterocycles. The van der Waals surface area contributed by atoms with Crippen LogP contribution in [-0.2, 0) is 25.1 Å². The van der Waals surface area contributed by atoms with Crippen molar-refractivity contribution in [2.75, 3.05) is 12.4 Å². The van der Waals surface area contributed by atoms with Gasteiger partial charge in [0.2, 0.25) is 0 Å². The molecule has 0 bridgehead atoms. The zero-order chi connectivity index (χ0) is 26.6. The Hall–Kier alpha value is -3.88. The van der Waals surface area contributed by atoms with Crippen molar-refractivity contribution in [1.29, 1.82) is 5.26 Å². The molecule has 37 heavy (non-hydrogen) atoms. The van der Waals surface area contributed by atoms with E-state index in [1.165, 1.54) is 24.1 Å². The minimum Gasteiger partial charge on any atom is -0.465 e. The number of carbonyl (C=O) groups is 1. The summed E-state index contributed by atoms with van der Waals surface area (Å²) in [6.07, 6.45) is 1.67. The fourth-order valence-corrected chi connectivity index (χ4v) is 5.78. The number of benzene rings is 3. The first-order chi connectivity index (χ1) is 17.7. The van der Waals surface area contributed by atoms with Crippen molar-refractivity contribution in [2.45, 2.75) is 17.6 Å². The van der Waals surface area contributed by atoms with E-state index in [1.807, 2.05) is 30.3 Å². The van der Waals surface area contributed by atoms with Gasteiger partial charge in [0.1, 0.15) is 23.4 Å². The van der Waals surface area contributed by atoms with E-state index in [1.54, 1.807) is 29.2 Å². The fraction of sp³-hybridized carbons (Fsp3) is 0.154. The number of nitrogens with zero attached hydrogens (tertiary/aromatic N) is 2. The molecular formula is C26H20F2N2O5S2. The summed E-state index contributed by atoms with van der Waals surface area (Å²) >= 11 is 1.30. The van der Waals surface area contributed by atoms with E-state index in [0.717, 1.165) is 17.0 Å². The highest BCUT2D eigenvalue weighted by Crippen LogP contribution is 2.38. The predicted molar refractivity (Wildman–Crippen MR) is 135 cm³/mol. The Kier molecular flexibility index (Phi) is 7.80. The number of hydrogen-bond acceptors (Lipinski definition) is 7. The number of ether oxygens (including phenoxy) is 2. The average Bonchev–Trinajstić information content (AvgIpc) is 3.24. The lowest BCUT2D eigenvalue weighted by Gasteiger charge is -2.15. The second kappa shape index (κ2) is 11.0. The van der Waals surface area contributed by atoms with Gasteiger partial charge in [-0.05, 0) is 49.2 Å². The van der Waals surface area contributed by atoms with Crippen molar-refractivity contribution >= 4 is 38.7 Å². The largest absolute Gasteiger partial charge is 0.465 e. The van der Waals surface area contributed by atoms with Gasteiger partial charge in [-0.2, -0.15) is 5.26 Å².